The van der Waals surface area contributed by atoms with Gasteiger partial charge < -0.3 is 5.32 Å². The number of thiocarbonyl (C=S) groups is 1. The van der Waals surface area contributed by atoms with Crippen LogP contribution in [0.4, 0.5) is 5.69 Å². The quantitative estimate of drug-likeness (QED) is 0.669. The number of anilines is 1. The third-order valence-corrected chi connectivity index (χ3v) is 3.79. The molecule has 0 bridgehead atoms. The molecule has 0 radical (unpaired) electrons. The highest BCUT2D eigenvalue weighted by atomic mass is 35.5. The molecule has 0 unspecified atom stereocenters. The van der Waals surface area contributed by atoms with Gasteiger partial charge in [0.25, 0.3) is 5.91 Å². The summed E-state index contributed by atoms with van der Waals surface area (Å²) in [4.78, 5) is 12.2. The molecule has 0 saturated carbocycles. The van der Waals surface area contributed by atoms with Gasteiger partial charge in [0.1, 0.15) is 0 Å². The van der Waals surface area contributed by atoms with Crippen LogP contribution >= 0.6 is 23.8 Å². The normalized spacial score (nSPS) is 10.3. The van der Waals surface area contributed by atoms with Gasteiger partial charge in [-0.25, -0.2) is 0 Å². The molecule has 0 fully saturated rings. The second-order valence-corrected chi connectivity index (χ2v) is 5.79. The van der Waals surface area contributed by atoms with Crippen LogP contribution in [0.2, 0.25) is 5.02 Å². The average Bonchev–Trinajstić information content (AvgIpc) is 2.55. The highest BCUT2D eigenvalue weighted by molar-refractivity contribution is 7.80. The molecular weight excluding hydrogens is 328 g/mol. The number of rotatable bonds is 2. The lowest BCUT2D eigenvalue weighted by Gasteiger charge is -2.12. The van der Waals surface area contributed by atoms with Crippen molar-refractivity contribution in [2.24, 2.45) is 0 Å². The van der Waals surface area contributed by atoms with Crippen molar-refractivity contribution in [1.29, 1.82) is 0 Å². The molecule has 2 N–H and O–H groups in total. The Labute approximate surface area is 144 Å². The third kappa shape index (κ3) is 3.67. The van der Waals surface area contributed by atoms with Gasteiger partial charge in [0.2, 0.25) is 0 Å². The fraction of sp³-hybridized carbons (Fsp3) is 0. The minimum absolute atomic E-state index is 0.242. The summed E-state index contributed by atoms with van der Waals surface area (Å²) in [6.45, 7) is 0. The third-order valence-electron chi connectivity index (χ3n) is 3.35. The number of nitrogens with one attached hydrogen (secondary N) is 2. The number of hydrogen-bond donors (Lipinski definition) is 2. The van der Waals surface area contributed by atoms with Crippen molar-refractivity contribution in [3.05, 3.63) is 77.3 Å². The first-order valence-corrected chi connectivity index (χ1v) is 7.78. The monoisotopic (exact) mass is 340 g/mol. The lowest BCUT2D eigenvalue weighted by atomic mass is 10.1. The minimum Gasteiger partial charge on any atom is -0.332 e. The number of amides is 1. The van der Waals surface area contributed by atoms with Crippen LogP contribution in [0.25, 0.3) is 10.8 Å². The zero-order chi connectivity index (χ0) is 16.2. The Kier molecular flexibility index (Phi) is 4.55. The Morgan fingerprint density at radius 3 is 2.52 bits per heavy atom. The molecule has 3 nitrogen and oxygen atoms in total. The molecule has 0 aromatic heterocycles. The fourth-order valence-electron chi connectivity index (χ4n) is 2.29. The van der Waals surface area contributed by atoms with E-state index in [9.17, 15) is 4.79 Å². The van der Waals surface area contributed by atoms with Gasteiger partial charge in [-0.05, 0) is 41.9 Å². The Morgan fingerprint density at radius 2 is 1.70 bits per heavy atom. The first-order chi connectivity index (χ1) is 11.1. The van der Waals surface area contributed by atoms with Gasteiger partial charge in [-0.15, -0.1) is 0 Å². The predicted molar refractivity (Wildman–Crippen MR) is 99.1 cm³/mol. The zero-order valence-electron chi connectivity index (χ0n) is 12.0. The smallest absolute Gasteiger partial charge is 0.257 e. The molecule has 1 amide bonds. The van der Waals surface area contributed by atoms with Crippen molar-refractivity contribution in [2.75, 3.05) is 5.32 Å². The Hall–Kier alpha value is -2.43. The molecule has 0 aliphatic carbocycles. The first kappa shape index (κ1) is 15.5. The molecule has 5 heteroatoms. The topological polar surface area (TPSA) is 41.1 Å². The van der Waals surface area contributed by atoms with Gasteiger partial charge in [0, 0.05) is 21.7 Å². The van der Waals surface area contributed by atoms with Gasteiger partial charge in [0.15, 0.2) is 5.11 Å². The second-order valence-electron chi connectivity index (χ2n) is 4.95. The second kappa shape index (κ2) is 6.77. The molecule has 23 heavy (non-hydrogen) atoms. The maximum atomic E-state index is 12.2. The summed E-state index contributed by atoms with van der Waals surface area (Å²) >= 11 is 11.1. The molecule has 0 spiro atoms. The van der Waals surface area contributed by atoms with E-state index in [-0.39, 0.29) is 11.0 Å². The van der Waals surface area contributed by atoms with Crippen LogP contribution in [0, 0.1) is 0 Å². The number of carbonyl (C=O) groups excluding carboxylic acids is 1. The lowest BCUT2D eigenvalue weighted by molar-refractivity contribution is 0.0977. The van der Waals surface area contributed by atoms with Crippen LogP contribution in [0.1, 0.15) is 10.4 Å². The lowest BCUT2D eigenvalue weighted by Crippen LogP contribution is -2.34. The first-order valence-electron chi connectivity index (χ1n) is 6.99. The van der Waals surface area contributed by atoms with Crippen molar-refractivity contribution in [3.63, 3.8) is 0 Å². The van der Waals surface area contributed by atoms with E-state index < -0.39 is 0 Å². The van der Waals surface area contributed by atoms with E-state index >= 15 is 0 Å². The Bertz CT molecular complexity index is 890. The summed E-state index contributed by atoms with van der Waals surface area (Å²) in [6.07, 6.45) is 0. The van der Waals surface area contributed by atoms with Crippen LogP contribution in [0.3, 0.4) is 0 Å². The number of benzene rings is 3. The van der Waals surface area contributed by atoms with E-state index in [0.717, 1.165) is 16.5 Å². The molecule has 0 aliphatic heterocycles. The molecule has 3 aromatic carbocycles. The molecule has 3 aromatic rings. The summed E-state index contributed by atoms with van der Waals surface area (Å²) < 4.78 is 0. The van der Waals surface area contributed by atoms with Crippen molar-refractivity contribution in [3.8, 4) is 0 Å². The number of halogens is 1. The van der Waals surface area contributed by atoms with E-state index in [2.05, 4.69) is 10.6 Å². The Morgan fingerprint density at radius 1 is 0.957 bits per heavy atom. The summed E-state index contributed by atoms with van der Waals surface area (Å²) in [5.74, 6) is -0.301. The van der Waals surface area contributed by atoms with Gasteiger partial charge in [-0.2, -0.15) is 0 Å². The standard InChI is InChI=1S/C18H13ClN2OS/c19-14-8-3-7-13(11-14)17(22)21-18(23)20-16-10-4-6-12-5-1-2-9-15(12)16/h1-11H,(H2,20,21,22,23). The number of fused-ring (bicyclic) bond motifs is 1. The molecule has 3 rings (SSSR count). The highest BCUT2D eigenvalue weighted by Gasteiger charge is 2.09. The van der Waals surface area contributed by atoms with Gasteiger partial charge >= 0.3 is 0 Å². The maximum Gasteiger partial charge on any atom is 0.257 e. The van der Waals surface area contributed by atoms with Crippen molar-refractivity contribution in [2.45, 2.75) is 0 Å². The summed E-state index contributed by atoms with van der Waals surface area (Å²) in [5.41, 5.74) is 1.30. The molecule has 114 valence electrons. The van der Waals surface area contributed by atoms with Crippen molar-refractivity contribution in [1.82, 2.24) is 5.32 Å². The van der Waals surface area contributed by atoms with E-state index in [0.29, 0.717) is 10.6 Å². The average molecular weight is 341 g/mol. The number of carbonyl (C=O) groups is 1. The summed E-state index contributed by atoms with van der Waals surface area (Å²) in [6, 6.07) is 20.5. The number of hydrogen-bond acceptors (Lipinski definition) is 2. The van der Waals surface area contributed by atoms with E-state index in [1.807, 2.05) is 42.5 Å². The van der Waals surface area contributed by atoms with Crippen molar-refractivity contribution >= 4 is 51.3 Å². The van der Waals surface area contributed by atoms with Crippen LogP contribution < -0.4 is 10.6 Å². The SMILES string of the molecule is O=C(NC(=S)Nc1cccc2ccccc12)c1cccc(Cl)c1. The molecule has 0 saturated heterocycles. The maximum absolute atomic E-state index is 12.2. The van der Waals surface area contributed by atoms with Crippen molar-refractivity contribution < 1.29 is 4.79 Å². The Balaban J connectivity index is 1.75. The van der Waals surface area contributed by atoms with E-state index in [1.54, 1.807) is 24.3 Å². The summed E-state index contributed by atoms with van der Waals surface area (Å²) in [7, 11) is 0. The van der Waals surface area contributed by atoms with E-state index in [1.165, 1.54) is 0 Å². The minimum atomic E-state index is -0.301. The zero-order valence-corrected chi connectivity index (χ0v) is 13.6. The molecule has 0 aliphatic rings. The molecule has 0 atom stereocenters. The van der Waals surface area contributed by atoms with Crippen LogP contribution in [-0.4, -0.2) is 11.0 Å². The van der Waals surface area contributed by atoms with E-state index in [4.69, 9.17) is 23.8 Å². The van der Waals surface area contributed by atoms with Crippen LogP contribution in [0.15, 0.2) is 66.7 Å². The molecule has 0 heterocycles. The van der Waals surface area contributed by atoms with Gasteiger partial charge in [-0.3, -0.25) is 10.1 Å². The van der Waals surface area contributed by atoms with Gasteiger partial charge in [-0.1, -0.05) is 54.1 Å². The predicted octanol–water partition coefficient (Wildman–Crippen LogP) is 4.62. The molecular formula is C18H13ClN2OS. The largest absolute Gasteiger partial charge is 0.332 e. The van der Waals surface area contributed by atoms with Gasteiger partial charge in [0.05, 0.1) is 0 Å². The van der Waals surface area contributed by atoms with Crippen LogP contribution in [-0.2, 0) is 0 Å². The van der Waals surface area contributed by atoms with Crippen LogP contribution in [0.5, 0.6) is 0 Å². The summed E-state index contributed by atoms with van der Waals surface area (Å²) in [5, 5.41) is 8.61. The highest BCUT2D eigenvalue weighted by Crippen LogP contribution is 2.22. The fourth-order valence-corrected chi connectivity index (χ4v) is 2.69.